The van der Waals surface area contributed by atoms with Crippen molar-refractivity contribution in [1.29, 1.82) is 5.41 Å². The van der Waals surface area contributed by atoms with E-state index in [1.54, 1.807) is 20.9 Å². The molecular formula is C10H19N5O2S. The molecule has 0 bridgehead atoms. The van der Waals surface area contributed by atoms with Crippen LogP contribution in [0, 0.1) is 5.41 Å². The molecule has 0 aliphatic rings. The first-order valence-electron chi connectivity index (χ1n) is 5.64. The number of hydrogen-bond acceptors (Lipinski definition) is 4. The van der Waals surface area contributed by atoms with Crippen molar-refractivity contribution in [2.24, 2.45) is 12.8 Å². The maximum absolute atomic E-state index is 12.2. The molecule has 18 heavy (non-hydrogen) atoms. The van der Waals surface area contributed by atoms with Crippen LogP contribution < -0.4 is 10.5 Å². The molecule has 0 radical (unpaired) electrons. The first-order chi connectivity index (χ1) is 8.27. The number of hydrogen-bond donors (Lipinski definition) is 3. The van der Waals surface area contributed by atoms with Gasteiger partial charge in [-0.05, 0) is 12.8 Å². The van der Waals surface area contributed by atoms with Crippen LogP contribution in [0.1, 0.15) is 26.7 Å². The molecule has 7 nitrogen and oxygen atoms in total. The van der Waals surface area contributed by atoms with Crippen LogP contribution in [-0.2, 0) is 17.1 Å². The van der Waals surface area contributed by atoms with Gasteiger partial charge in [-0.3, -0.25) is 10.1 Å². The third kappa shape index (κ3) is 2.70. The van der Waals surface area contributed by atoms with Crippen LogP contribution in [-0.4, -0.2) is 29.6 Å². The first kappa shape index (κ1) is 14.7. The Hall–Kier alpha value is -1.41. The minimum atomic E-state index is -3.72. The van der Waals surface area contributed by atoms with Crippen LogP contribution in [0.3, 0.4) is 0 Å². The van der Waals surface area contributed by atoms with E-state index in [1.165, 1.54) is 17.1 Å². The molecule has 0 fully saturated rings. The summed E-state index contributed by atoms with van der Waals surface area (Å²) in [6.07, 6.45) is 3.49. The molecule has 4 N–H and O–H groups in total. The Kier molecular flexibility index (Phi) is 4.12. The third-order valence-electron chi connectivity index (χ3n) is 3.04. The SMILES string of the molecule is CCC(CC)(NS(=O)(=O)c1cnn(C)c1)C(=N)N. The summed E-state index contributed by atoms with van der Waals surface area (Å²) in [5.74, 6) is -0.181. The third-order valence-corrected chi connectivity index (χ3v) is 4.53. The number of nitrogens with two attached hydrogens (primary N) is 1. The number of amidine groups is 1. The Bertz CT molecular complexity index is 530. The fourth-order valence-corrected chi connectivity index (χ4v) is 3.19. The number of sulfonamides is 1. The van der Waals surface area contributed by atoms with E-state index in [1.807, 2.05) is 0 Å². The number of aryl methyl sites for hydroxylation is 1. The van der Waals surface area contributed by atoms with Crippen LogP contribution in [0.5, 0.6) is 0 Å². The fraction of sp³-hybridized carbons (Fsp3) is 0.600. The van der Waals surface area contributed by atoms with Crippen molar-refractivity contribution in [1.82, 2.24) is 14.5 Å². The van der Waals surface area contributed by atoms with E-state index >= 15 is 0 Å². The highest BCUT2D eigenvalue weighted by Gasteiger charge is 2.35. The molecule has 0 aromatic carbocycles. The maximum Gasteiger partial charge on any atom is 0.244 e. The van der Waals surface area contributed by atoms with Crippen molar-refractivity contribution < 1.29 is 8.42 Å². The second kappa shape index (κ2) is 5.07. The van der Waals surface area contributed by atoms with Crippen molar-refractivity contribution >= 4 is 15.9 Å². The van der Waals surface area contributed by atoms with Crippen molar-refractivity contribution in [3.8, 4) is 0 Å². The lowest BCUT2D eigenvalue weighted by molar-refractivity contribution is 0.458. The highest BCUT2D eigenvalue weighted by Crippen LogP contribution is 2.19. The molecule has 0 aliphatic carbocycles. The van der Waals surface area contributed by atoms with E-state index in [-0.39, 0.29) is 10.7 Å². The topological polar surface area (TPSA) is 114 Å². The van der Waals surface area contributed by atoms with Gasteiger partial charge in [-0.1, -0.05) is 13.8 Å². The molecule has 8 heteroatoms. The predicted octanol–water partition coefficient (Wildman–Crippen LogP) is 0.193. The normalized spacial score (nSPS) is 12.6. The average molecular weight is 273 g/mol. The summed E-state index contributed by atoms with van der Waals surface area (Å²) in [6.45, 7) is 3.58. The molecule has 0 saturated carbocycles. The predicted molar refractivity (Wildman–Crippen MR) is 68.8 cm³/mol. The molecule has 0 saturated heterocycles. The van der Waals surface area contributed by atoms with E-state index < -0.39 is 15.6 Å². The smallest absolute Gasteiger partial charge is 0.244 e. The number of nitrogens with one attached hydrogen (secondary N) is 2. The Morgan fingerprint density at radius 3 is 2.44 bits per heavy atom. The van der Waals surface area contributed by atoms with Gasteiger partial charge in [0.1, 0.15) is 10.7 Å². The van der Waals surface area contributed by atoms with Crippen molar-refractivity contribution in [3.63, 3.8) is 0 Å². The summed E-state index contributed by atoms with van der Waals surface area (Å²) in [6, 6.07) is 0. The minimum absolute atomic E-state index is 0.0672. The molecule has 1 heterocycles. The van der Waals surface area contributed by atoms with Gasteiger partial charge >= 0.3 is 0 Å². The van der Waals surface area contributed by atoms with E-state index in [0.717, 1.165) is 0 Å². The molecule has 1 aromatic heterocycles. The van der Waals surface area contributed by atoms with Gasteiger partial charge < -0.3 is 5.73 Å². The molecule has 0 spiro atoms. The van der Waals surface area contributed by atoms with E-state index in [2.05, 4.69) is 9.82 Å². The van der Waals surface area contributed by atoms with Crippen molar-refractivity contribution in [2.75, 3.05) is 0 Å². The quantitative estimate of drug-likeness (QED) is 0.507. The Labute approximate surface area is 107 Å². The number of nitrogens with zero attached hydrogens (tertiary/aromatic N) is 2. The fourth-order valence-electron chi connectivity index (χ4n) is 1.68. The summed E-state index contributed by atoms with van der Waals surface area (Å²) < 4.78 is 28.2. The second-order valence-corrected chi connectivity index (χ2v) is 5.84. The highest BCUT2D eigenvalue weighted by atomic mass is 32.2. The Morgan fingerprint density at radius 1 is 1.56 bits per heavy atom. The monoisotopic (exact) mass is 273 g/mol. The van der Waals surface area contributed by atoms with Gasteiger partial charge in [0, 0.05) is 13.2 Å². The van der Waals surface area contributed by atoms with Gasteiger partial charge in [-0.25, -0.2) is 8.42 Å². The summed E-state index contributed by atoms with van der Waals surface area (Å²) >= 11 is 0. The van der Waals surface area contributed by atoms with Crippen LogP contribution in [0.2, 0.25) is 0 Å². The van der Waals surface area contributed by atoms with Crippen molar-refractivity contribution in [3.05, 3.63) is 12.4 Å². The summed E-state index contributed by atoms with van der Waals surface area (Å²) in [5.41, 5.74) is 4.49. The lowest BCUT2D eigenvalue weighted by atomic mass is 9.93. The first-order valence-corrected chi connectivity index (χ1v) is 7.13. The number of rotatable bonds is 6. The van der Waals surface area contributed by atoms with Gasteiger partial charge in [0.2, 0.25) is 10.0 Å². The van der Waals surface area contributed by atoms with Gasteiger partial charge in [0.25, 0.3) is 0 Å². The summed E-state index contributed by atoms with van der Waals surface area (Å²) in [4.78, 5) is 0.0672. The van der Waals surface area contributed by atoms with E-state index in [9.17, 15) is 8.42 Å². The zero-order chi connectivity index (χ0) is 14.0. The van der Waals surface area contributed by atoms with Crippen LogP contribution in [0.25, 0.3) is 0 Å². The van der Waals surface area contributed by atoms with Gasteiger partial charge in [-0.2, -0.15) is 9.82 Å². The minimum Gasteiger partial charge on any atom is -0.386 e. The zero-order valence-electron chi connectivity index (χ0n) is 10.8. The highest BCUT2D eigenvalue weighted by molar-refractivity contribution is 7.89. The molecule has 102 valence electrons. The van der Waals surface area contributed by atoms with Crippen LogP contribution >= 0.6 is 0 Å². The lowest BCUT2D eigenvalue weighted by Crippen LogP contribution is -2.56. The molecular weight excluding hydrogens is 254 g/mol. The standard InChI is InChI=1S/C10H19N5O2S/c1-4-10(5-2,9(11)12)14-18(16,17)8-6-13-15(3)7-8/h6-7,14H,4-5H2,1-3H3,(H3,11,12). The number of aromatic nitrogens is 2. The van der Waals surface area contributed by atoms with Gasteiger partial charge in [0.15, 0.2) is 0 Å². The summed E-state index contributed by atoms with van der Waals surface area (Å²) in [7, 11) is -2.08. The lowest BCUT2D eigenvalue weighted by Gasteiger charge is -2.30. The van der Waals surface area contributed by atoms with Gasteiger partial charge in [0.05, 0.1) is 11.7 Å². The van der Waals surface area contributed by atoms with Gasteiger partial charge in [-0.15, -0.1) is 0 Å². The largest absolute Gasteiger partial charge is 0.386 e. The summed E-state index contributed by atoms with van der Waals surface area (Å²) in [5, 5.41) is 11.4. The maximum atomic E-state index is 12.2. The van der Waals surface area contributed by atoms with Crippen LogP contribution in [0.15, 0.2) is 17.3 Å². The second-order valence-electron chi connectivity index (χ2n) is 4.16. The Morgan fingerprint density at radius 2 is 2.11 bits per heavy atom. The molecule has 0 aliphatic heterocycles. The van der Waals surface area contributed by atoms with Crippen molar-refractivity contribution in [2.45, 2.75) is 37.1 Å². The molecule has 0 amide bonds. The zero-order valence-corrected chi connectivity index (χ0v) is 11.6. The van der Waals surface area contributed by atoms with E-state index in [0.29, 0.717) is 12.8 Å². The average Bonchev–Trinajstić information content (AvgIpc) is 2.73. The molecule has 1 rings (SSSR count). The molecule has 1 aromatic rings. The van der Waals surface area contributed by atoms with Crippen LogP contribution in [0.4, 0.5) is 0 Å². The Balaban J connectivity index is 3.11. The van der Waals surface area contributed by atoms with E-state index in [4.69, 9.17) is 11.1 Å². The molecule has 0 atom stereocenters. The molecule has 0 unspecified atom stereocenters.